The minimum Gasteiger partial charge on any atom is -0.507 e. The molecule has 7 nitrogen and oxygen atoms in total. The number of Topliss-reactive ketones (excluding diaryl/α,β-unsaturated/α-hetero) is 1. The molecule has 0 spiro atoms. The van der Waals surface area contributed by atoms with Gasteiger partial charge in [0.15, 0.2) is 0 Å². The molecule has 1 fully saturated rings. The fraction of sp³-hybridized carbons (Fsp3) is 0.375. The number of nitrogens with one attached hydrogen (secondary N) is 1. The van der Waals surface area contributed by atoms with Crippen molar-refractivity contribution in [3.63, 3.8) is 0 Å². The fourth-order valence-electron chi connectivity index (χ4n) is 3.68. The Bertz CT molecular complexity index is 939. The molecule has 3 rings (SSSR count). The van der Waals surface area contributed by atoms with E-state index in [1.165, 1.54) is 4.90 Å². The molecule has 1 aliphatic heterocycles. The van der Waals surface area contributed by atoms with Crippen molar-refractivity contribution in [2.24, 2.45) is 0 Å². The van der Waals surface area contributed by atoms with Crippen LogP contribution in [0.25, 0.3) is 5.76 Å². The molecule has 0 aliphatic carbocycles. The number of nitrogens with zero attached hydrogens (tertiary/aromatic N) is 2. The molecule has 31 heavy (non-hydrogen) atoms. The molecule has 2 aromatic rings. The lowest BCUT2D eigenvalue weighted by atomic mass is 9.96. The molecule has 7 heteroatoms. The van der Waals surface area contributed by atoms with E-state index in [1.807, 2.05) is 27.1 Å². The summed E-state index contributed by atoms with van der Waals surface area (Å²) < 4.78 is 5.59. The highest BCUT2D eigenvalue weighted by Gasteiger charge is 2.45. The van der Waals surface area contributed by atoms with Crippen molar-refractivity contribution in [2.45, 2.75) is 25.8 Å². The lowest BCUT2D eigenvalue weighted by Gasteiger charge is -2.25. The predicted molar refractivity (Wildman–Crippen MR) is 118 cm³/mol. The van der Waals surface area contributed by atoms with E-state index >= 15 is 0 Å². The molecule has 2 heterocycles. The van der Waals surface area contributed by atoms with Crippen molar-refractivity contribution in [1.29, 1.82) is 0 Å². The summed E-state index contributed by atoms with van der Waals surface area (Å²) in [7, 11) is 4.08. The molecule has 0 unspecified atom stereocenters. The second-order valence-electron chi connectivity index (χ2n) is 7.96. The van der Waals surface area contributed by atoms with Gasteiger partial charge in [-0.2, -0.15) is 0 Å². The first kappa shape index (κ1) is 22.5. The first-order valence-electron chi connectivity index (χ1n) is 10.6. The standard InChI is InChI=1S/C24H29N3O4/c1-4-15-31-19-10-8-17(9-11-19)22(28)20-21(18-7-5-12-25-16-18)27(24(30)23(20)29)14-6-13-26(2)3/h5,7-12,16,21,28H,4,6,13-15H2,1-3H3/p+1/t21-/m0/s1. The summed E-state index contributed by atoms with van der Waals surface area (Å²) in [5, 5.41) is 11.1. The fourth-order valence-corrected chi connectivity index (χ4v) is 3.68. The van der Waals surface area contributed by atoms with E-state index in [0.717, 1.165) is 19.4 Å². The van der Waals surface area contributed by atoms with Crippen molar-refractivity contribution in [1.82, 2.24) is 9.88 Å². The summed E-state index contributed by atoms with van der Waals surface area (Å²) >= 11 is 0. The number of benzene rings is 1. The van der Waals surface area contributed by atoms with Gasteiger partial charge in [0.25, 0.3) is 11.7 Å². The number of carbonyl (C=O) groups excluding carboxylic acids is 2. The van der Waals surface area contributed by atoms with Gasteiger partial charge in [0.05, 0.1) is 38.9 Å². The van der Waals surface area contributed by atoms with Gasteiger partial charge >= 0.3 is 0 Å². The maximum Gasteiger partial charge on any atom is 0.295 e. The number of carbonyl (C=O) groups is 2. The number of hydrogen-bond donors (Lipinski definition) is 2. The van der Waals surface area contributed by atoms with Crippen molar-refractivity contribution < 1.29 is 24.3 Å². The molecular weight excluding hydrogens is 394 g/mol. The number of aliphatic hydroxyl groups excluding tert-OH is 1. The van der Waals surface area contributed by atoms with Crippen LogP contribution in [0.1, 0.15) is 36.9 Å². The van der Waals surface area contributed by atoms with E-state index in [2.05, 4.69) is 4.98 Å². The molecular formula is C24H30N3O4+. The summed E-state index contributed by atoms with van der Waals surface area (Å²) in [5.41, 5.74) is 1.26. The number of quaternary nitrogens is 1. The van der Waals surface area contributed by atoms with E-state index in [1.54, 1.807) is 47.6 Å². The second-order valence-corrected chi connectivity index (χ2v) is 7.96. The zero-order valence-electron chi connectivity index (χ0n) is 18.3. The smallest absolute Gasteiger partial charge is 0.295 e. The number of hydrogen-bond acceptors (Lipinski definition) is 5. The summed E-state index contributed by atoms with van der Waals surface area (Å²) in [6.07, 6.45) is 4.91. The van der Waals surface area contributed by atoms with E-state index in [0.29, 0.717) is 30.0 Å². The molecule has 1 aromatic heterocycles. The summed E-state index contributed by atoms with van der Waals surface area (Å²) in [5.74, 6) is -0.759. The van der Waals surface area contributed by atoms with Gasteiger partial charge in [-0.3, -0.25) is 14.6 Å². The van der Waals surface area contributed by atoms with Crippen LogP contribution < -0.4 is 9.64 Å². The zero-order valence-corrected chi connectivity index (χ0v) is 18.3. The molecule has 1 amide bonds. The number of aliphatic hydroxyl groups is 1. The predicted octanol–water partition coefficient (Wildman–Crippen LogP) is 1.83. The second kappa shape index (κ2) is 10.2. The SMILES string of the molecule is CCCOc1ccc(C(O)=C2C(=O)C(=O)N(CCC[NH+](C)C)[C@H]2c2cccnc2)cc1. The van der Waals surface area contributed by atoms with Gasteiger partial charge in [-0.25, -0.2) is 0 Å². The van der Waals surface area contributed by atoms with Crippen LogP contribution in [0.15, 0.2) is 54.4 Å². The Kier molecular flexibility index (Phi) is 7.41. The van der Waals surface area contributed by atoms with Gasteiger partial charge in [-0.15, -0.1) is 0 Å². The average molecular weight is 425 g/mol. The van der Waals surface area contributed by atoms with Gasteiger partial charge in [0, 0.05) is 30.9 Å². The third-order valence-corrected chi connectivity index (χ3v) is 5.22. The summed E-state index contributed by atoms with van der Waals surface area (Å²) in [4.78, 5) is 32.8. The normalized spacial score (nSPS) is 18.1. The molecule has 2 N–H and O–H groups in total. The highest BCUT2D eigenvalue weighted by atomic mass is 16.5. The minimum absolute atomic E-state index is 0.0948. The Labute approximate surface area is 183 Å². The van der Waals surface area contributed by atoms with E-state index < -0.39 is 17.7 Å². The lowest BCUT2D eigenvalue weighted by molar-refractivity contribution is -0.858. The maximum atomic E-state index is 13.0. The van der Waals surface area contributed by atoms with Gasteiger partial charge in [0.2, 0.25) is 0 Å². The average Bonchev–Trinajstić information content (AvgIpc) is 3.03. The summed E-state index contributed by atoms with van der Waals surface area (Å²) in [6.45, 7) is 3.92. The van der Waals surface area contributed by atoms with Crippen LogP contribution in [-0.4, -0.2) is 60.5 Å². The lowest BCUT2D eigenvalue weighted by Crippen LogP contribution is -3.05. The highest BCUT2D eigenvalue weighted by Crippen LogP contribution is 2.39. The number of ether oxygens (including phenoxy) is 1. The summed E-state index contributed by atoms with van der Waals surface area (Å²) in [6, 6.07) is 9.82. The van der Waals surface area contributed by atoms with Crippen molar-refractivity contribution in [2.75, 3.05) is 33.8 Å². The van der Waals surface area contributed by atoms with Crippen molar-refractivity contribution >= 4 is 17.4 Å². The van der Waals surface area contributed by atoms with Crippen LogP contribution in [0.3, 0.4) is 0 Å². The van der Waals surface area contributed by atoms with Crippen LogP contribution in [0, 0.1) is 0 Å². The van der Waals surface area contributed by atoms with Crippen LogP contribution in [0.2, 0.25) is 0 Å². The Morgan fingerprint density at radius 1 is 1.19 bits per heavy atom. The van der Waals surface area contributed by atoms with Gasteiger partial charge < -0.3 is 19.6 Å². The van der Waals surface area contributed by atoms with Crippen molar-refractivity contribution in [3.05, 3.63) is 65.5 Å². The minimum atomic E-state index is -0.671. The van der Waals surface area contributed by atoms with E-state index in [9.17, 15) is 14.7 Å². The van der Waals surface area contributed by atoms with Gasteiger partial charge in [0.1, 0.15) is 11.5 Å². The quantitative estimate of drug-likeness (QED) is 0.365. The maximum absolute atomic E-state index is 13.0. The number of ketones is 1. The number of pyridine rings is 1. The van der Waals surface area contributed by atoms with Crippen LogP contribution in [0.4, 0.5) is 0 Å². The third kappa shape index (κ3) is 5.11. The van der Waals surface area contributed by atoms with Gasteiger partial charge in [-0.05, 0) is 42.3 Å². The number of amides is 1. The first-order chi connectivity index (χ1) is 14.9. The van der Waals surface area contributed by atoms with Crippen LogP contribution >= 0.6 is 0 Å². The molecule has 164 valence electrons. The number of aromatic nitrogens is 1. The number of rotatable bonds is 9. The van der Waals surface area contributed by atoms with Crippen molar-refractivity contribution in [3.8, 4) is 5.75 Å². The van der Waals surface area contributed by atoms with Crippen LogP contribution in [0.5, 0.6) is 5.75 Å². The van der Waals surface area contributed by atoms with E-state index in [-0.39, 0.29) is 11.3 Å². The number of likely N-dealkylation sites (tertiary alicyclic amines) is 1. The third-order valence-electron chi connectivity index (χ3n) is 5.22. The first-order valence-corrected chi connectivity index (χ1v) is 10.6. The molecule has 0 bridgehead atoms. The largest absolute Gasteiger partial charge is 0.507 e. The monoisotopic (exact) mass is 424 g/mol. The molecule has 1 saturated heterocycles. The van der Waals surface area contributed by atoms with Gasteiger partial charge in [-0.1, -0.05) is 13.0 Å². The Morgan fingerprint density at radius 3 is 2.55 bits per heavy atom. The molecule has 1 aromatic carbocycles. The Morgan fingerprint density at radius 2 is 1.94 bits per heavy atom. The molecule has 0 saturated carbocycles. The topological polar surface area (TPSA) is 84.2 Å². The Balaban J connectivity index is 1.99. The Hall–Kier alpha value is -3.19. The van der Waals surface area contributed by atoms with E-state index in [4.69, 9.17) is 4.74 Å². The zero-order chi connectivity index (χ0) is 22.4. The molecule has 0 radical (unpaired) electrons. The van der Waals surface area contributed by atoms with Crippen LogP contribution in [-0.2, 0) is 9.59 Å². The molecule has 1 atom stereocenters. The highest BCUT2D eigenvalue weighted by molar-refractivity contribution is 6.46. The molecule has 1 aliphatic rings.